The summed E-state index contributed by atoms with van der Waals surface area (Å²) in [5, 5.41) is 12.6. The number of phenols is 1. The number of aryl methyl sites for hydroxylation is 1. The first-order valence-electron chi connectivity index (χ1n) is 9.28. The second kappa shape index (κ2) is 9.59. The maximum Gasteiger partial charge on any atom is 0.255 e. The van der Waals surface area contributed by atoms with Gasteiger partial charge in [-0.15, -0.1) is 0 Å². The molecule has 0 fully saturated rings. The van der Waals surface area contributed by atoms with Crippen LogP contribution in [0.5, 0.6) is 11.5 Å². The summed E-state index contributed by atoms with van der Waals surface area (Å²) in [5.41, 5.74) is 10.1. The Morgan fingerprint density at radius 2 is 2.07 bits per heavy atom. The molecule has 1 heterocycles. The molecule has 29 heavy (non-hydrogen) atoms. The number of anilines is 1. The molecule has 0 atom stereocenters. The van der Waals surface area contributed by atoms with Crippen LogP contribution in [0.15, 0.2) is 60.3 Å². The number of methoxy groups -OCH3 is 1. The van der Waals surface area contributed by atoms with Crippen molar-refractivity contribution < 1.29 is 14.6 Å². The van der Waals surface area contributed by atoms with E-state index in [0.717, 1.165) is 23.1 Å². The van der Waals surface area contributed by atoms with E-state index in [2.05, 4.69) is 16.9 Å². The highest BCUT2D eigenvalue weighted by molar-refractivity contribution is 5.96. The van der Waals surface area contributed by atoms with Gasteiger partial charge in [0.2, 0.25) is 0 Å². The van der Waals surface area contributed by atoms with Crippen LogP contribution in [0.3, 0.4) is 0 Å². The van der Waals surface area contributed by atoms with E-state index in [-0.39, 0.29) is 17.2 Å². The number of amides is 1. The quantitative estimate of drug-likeness (QED) is 0.612. The molecule has 0 bridgehead atoms. The zero-order chi connectivity index (χ0) is 21.6. The predicted molar refractivity (Wildman–Crippen MR) is 117 cm³/mol. The lowest BCUT2D eigenvalue weighted by atomic mass is 10.0. The van der Waals surface area contributed by atoms with Gasteiger partial charge in [0.05, 0.1) is 12.8 Å². The smallest absolute Gasteiger partial charge is 0.255 e. The Balaban J connectivity index is 2.35. The van der Waals surface area contributed by atoms with Crippen molar-refractivity contribution >= 4 is 17.3 Å². The Morgan fingerprint density at radius 1 is 1.34 bits per heavy atom. The summed E-state index contributed by atoms with van der Waals surface area (Å²) in [7, 11) is 1.47. The van der Waals surface area contributed by atoms with E-state index in [4.69, 9.17) is 10.5 Å². The zero-order valence-corrected chi connectivity index (χ0v) is 17.2. The van der Waals surface area contributed by atoms with E-state index >= 15 is 0 Å². The maximum absolute atomic E-state index is 12.7. The molecule has 152 valence electrons. The molecule has 6 nitrogen and oxygen atoms in total. The average molecular weight is 393 g/mol. The fourth-order valence-corrected chi connectivity index (χ4v) is 2.75. The number of nitrogens with one attached hydrogen (secondary N) is 1. The van der Waals surface area contributed by atoms with E-state index < -0.39 is 0 Å². The highest BCUT2D eigenvalue weighted by Crippen LogP contribution is 2.25. The summed E-state index contributed by atoms with van der Waals surface area (Å²) in [4.78, 5) is 17.1. The molecule has 0 saturated carbocycles. The van der Waals surface area contributed by atoms with Gasteiger partial charge in [0.25, 0.3) is 5.91 Å². The van der Waals surface area contributed by atoms with E-state index in [0.29, 0.717) is 23.0 Å². The Kier molecular flexibility index (Phi) is 7.20. The number of carbonyl (C=O) groups is 1. The first-order valence-corrected chi connectivity index (χ1v) is 9.28. The first-order chi connectivity index (χ1) is 13.8. The van der Waals surface area contributed by atoms with E-state index in [9.17, 15) is 9.90 Å². The number of aromatic nitrogens is 1. The number of benzene rings is 1. The third-order valence-corrected chi connectivity index (χ3v) is 4.39. The van der Waals surface area contributed by atoms with Crippen LogP contribution in [0.2, 0.25) is 0 Å². The first kappa shape index (κ1) is 21.8. The Hall–Kier alpha value is -3.54. The van der Waals surface area contributed by atoms with Crippen LogP contribution < -0.4 is 15.8 Å². The van der Waals surface area contributed by atoms with Crippen molar-refractivity contribution in [2.45, 2.75) is 27.2 Å². The number of nitrogen functional groups attached to an aromatic ring is 1. The molecular weight excluding hydrogens is 366 g/mol. The number of hydrogen-bond acceptors (Lipinski definition) is 5. The van der Waals surface area contributed by atoms with Crippen LogP contribution in [0, 0.1) is 0 Å². The standard InChI is InChI=1S/C23H27N3O3/c1-6-15-8-9-21(26-22(15)24)20(14(3)4)12-17(7-2)25-23(28)16-10-18(27)13-19(11-16)29-5/h7-13,27H,3,6H2,1-2,4-5H3,(H2,24,26)(H,25,28)/b17-7?,20-12+. The topological polar surface area (TPSA) is 97.5 Å². The maximum atomic E-state index is 12.7. The van der Waals surface area contributed by atoms with E-state index in [1.807, 2.05) is 32.9 Å². The summed E-state index contributed by atoms with van der Waals surface area (Å²) < 4.78 is 5.10. The van der Waals surface area contributed by atoms with Crippen molar-refractivity contribution in [3.8, 4) is 11.5 Å². The van der Waals surface area contributed by atoms with Crippen LogP contribution in [-0.2, 0) is 6.42 Å². The monoisotopic (exact) mass is 393 g/mol. The van der Waals surface area contributed by atoms with E-state index in [1.165, 1.54) is 19.2 Å². The third kappa shape index (κ3) is 5.48. The zero-order valence-electron chi connectivity index (χ0n) is 17.2. The lowest BCUT2D eigenvalue weighted by molar-refractivity contribution is 0.0966. The van der Waals surface area contributed by atoms with Crippen molar-refractivity contribution in [1.29, 1.82) is 0 Å². The van der Waals surface area contributed by atoms with Gasteiger partial charge in [-0.3, -0.25) is 4.79 Å². The number of nitrogens with two attached hydrogens (primary N) is 1. The Morgan fingerprint density at radius 3 is 2.62 bits per heavy atom. The summed E-state index contributed by atoms with van der Waals surface area (Å²) in [6.07, 6.45) is 4.37. The molecule has 4 N–H and O–H groups in total. The molecule has 0 unspecified atom stereocenters. The van der Waals surface area contributed by atoms with Crippen molar-refractivity contribution in [3.63, 3.8) is 0 Å². The van der Waals surface area contributed by atoms with Crippen molar-refractivity contribution in [2.75, 3.05) is 12.8 Å². The lowest BCUT2D eigenvalue weighted by Crippen LogP contribution is -2.22. The van der Waals surface area contributed by atoms with Crippen LogP contribution in [-0.4, -0.2) is 23.1 Å². The number of rotatable bonds is 7. The van der Waals surface area contributed by atoms with E-state index in [1.54, 1.807) is 18.2 Å². The van der Waals surface area contributed by atoms with Gasteiger partial charge in [-0.1, -0.05) is 25.6 Å². The summed E-state index contributed by atoms with van der Waals surface area (Å²) in [6, 6.07) is 8.20. The fraction of sp³-hybridized carbons (Fsp3) is 0.217. The minimum atomic E-state index is -0.376. The highest BCUT2D eigenvalue weighted by atomic mass is 16.5. The molecule has 1 amide bonds. The molecule has 0 aliphatic carbocycles. The molecular formula is C23H27N3O3. The second-order valence-electron chi connectivity index (χ2n) is 6.55. The normalized spacial score (nSPS) is 11.9. The van der Waals surface area contributed by atoms with Crippen LogP contribution in [0.25, 0.3) is 5.57 Å². The average Bonchev–Trinajstić information content (AvgIpc) is 2.69. The number of ether oxygens (including phenoxy) is 1. The number of nitrogens with zero attached hydrogens (tertiary/aromatic N) is 1. The molecule has 2 rings (SSSR count). The minimum Gasteiger partial charge on any atom is -0.508 e. The van der Waals surface area contributed by atoms with Gasteiger partial charge in [0.15, 0.2) is 0 Å². The molecule has 2 aromatic rings. The van der Waals surface area contributed by atoms with Crippen LogP contribution in [0.1, 0.15) is 42.4 Å². The van der Waals surface area contributed by atoms with Gasteiger partial charge in [0.1, 0.15) is 17.3 Å². The van der Waals surface area contributed by atoms with Gasteiger partial charge >= 0.3 is 0 Å². The minimum absolute atomic E-state index is 0.0506. The lowest BCUT2D eigenvalue weighted by Gasteiger charge is -2.12. The second-order valence-corrected chi connectivity index (χ2v) is 6.55. The number of carbonyl (C=O) groups excluding carboxylic acids is 1. The van der Waals surface area contributed by atoms with Gasteiger partial charge in [-0.2, -0.15) is 0 Å². The van der Waals surface area contributed by atoms with Crippen LogP contribution >= 0.6 is 0 Å². The van der Waals surface area contributed by atoms with Crippen LogP contribution in [0.4, 0.5) is 5.82 Å². The molecule has 6 heteroatoms. The van der Waals surface area contributed by atoms with Gasteiger partial charge in [0, 0.05) is 22.9 Å². The van der Waals surface area contributed by atoms with Crippen molar-refractivity contribution in [1.82, 2.24) is 10.3 Å². The number of allylic oxidation sites excluding steroid dienone is 4. The number of pyridine rings is 1. The van der Waals surface area contributed by atoms with Gasteiger partial charge < -0.3 is 20.9 Å². The Labute approximate surface area is 171 Å². The largest absolute Gasteiger partial charge is 0.508 e. The fourth-order valence-electron chi connectivity index (χ4n) is 2.75. The molecule has 1 aromatic heterocycles. The van der Waals surface area contributed by atoms with Gasteiger partial charge in [-0.05, 0) is 55.7 Å². The summed E-state index contributed by atoms with van der Waals surface area (Å²) in [6.45, 7) is 9.73. The summed E-state index contributed by atoms with van der Waals surface area (Å²) >= 11 is 0. The molecule has 0 aliphatic rings. The Bertz CT molecular complexity index is 991. The summed E-state index contributed by atoms with van der Waals surface area (Å²) in [5.74, 6) is 0.449. The molecule has 0 aliphatic heterocycles. The van der Waals surface area contributed by atoms with Crippen molar-refractivity contribution in [3.05, 3.63) is 77.2 Å². The third-order valence-electron chi connectivity index (χ3n) is 4.39. The molecule has 1 aromatic carbocycles. The van der Waals surface area contributed by atoms with Gasteiger partial charge in [-0.25, -0.2) is 4.98 Å². The molecule has 0 saturated heterocycles. The number of phenolic OH excluding ortho intramolecular Hbond substituents is 1. The highest BCUT2D eigenvalue weighted by Gasteiger charge is 2.12. The number of hydrogen-bond donors (Lipinski definition) is 3. The molecule has 0 spiro atoms. The van der Waals surface area contributed by atoms with Crippen molar-refractivity contribution in [2.24, 2.45) is 0 Å². The predicted octanol–water partition coefficient (Wildman–Crippen LogP) is 4.23. The molecule has 0 radical (unpaired) electrons. The SMILES string of the molecule is C=C(C)/C(=C\C(=CC)NC(=O)c1cc(O)cc(OC)c1)c1ccc(CC)c(N)n1. The number of aromatic hydroxyl groups is 1.